The van der Waals surface area contributed by atoms with E-state index in [0.717, 1.165) is 164 Å². The number of aliphatic hydroxyl groups excluding tert-OH is 1. The van der Waals surface area contributed by atoms with E-state index in [9.17, 15) is 9.90 Å². The fraction of sp³-hybridized carbons (Fsp3) is 0.547. The van der Waals surface area contributed by atoms with Gasteiger partial charge in [-0.15, -0.1) is 0 Å². The molecule has 3 N–H and O–H groups in total. The molecule has 70 heavy (non-hydrogen) atoms. The number of piperidine rings is 2. The van der Waals surface area contributed by atoms with Gasteiger partial charge in [0.2, 0.25) is 5.88 Å². The molecule has 9 rings (SSSR count). The molecule has 3 aliphatic heterocycles. The predicted octanol–water partition coefficient (Wildman–Crippen LogP) is 7.38. The summed E-state index contributed by atoms with van der Waals surface area (Å²) in [6, 6.07) is 17.6. The monoisotopic (exact) mass is 973 g/mol. The number of nitrogens with zero attached hydrogens (tertiary/aromatic N) is 10. The third-order valence-electron chi connectivity index (χ3n) is 14.8. The van der Waals surface area contributed by atoms with Gasteiger partial charge in [0.25, 0.3) is 5.91 Å². The fourth-order valence-electron chi connectivity index (χ4n) is 10.6. The average Bonchev–Trinajstić information content (AvgIpc) is 3.82. The highest BCUT2D eigenvalue weighted by Crippen LogP contribution is 2.31. The quantitative estimate of drug-likeness (QED) is 0.0700. The molecule has 16 nitrogen and oxygen atoms in total. The number of nitriles is 1. The first-order valence-electron chi connectivity index (χ1n) is 25.7. The third-order valence-corrected chi connectivity index (χ3v) is 15.1. The lowest BCUT2D eigenvalue weighted by Crippen LogP contribution is -2.49. The summed E-state index contributed by atoms with van der Waals surface area (Å²) in [6.07, 6.45) is 17.3. The van der Waals surface area contributed by atoms with E-state index < -0.39 is 0 Å². The lowest BCUT2D eigenvalue weighted by atomic mass is 9.92. The number of ether oxygens (including phenoxy) is 2. The number of carbonyl (C=O) groups excluding carboxylic acids is 1. The summed E-state index contributed by atoms with van der Waals surface area (Å²) in [5.74, 6) is 3.70. The Kier molecular flexibility index (Phi) is 16.8. The number of aliphatic hydroxyl groups is 1. The number of amides is 1. The summed E-state index contributed by atoms with van der Waals surface area (Å²) in [6.45, 7) is 13.0. The second-order valence-corrected chi connectivity index (χ2v) is 19.9. The number of aryl methyl sites for hydroxylation is 1. The van der Waals surface area contributed by atoms with Gasteiger partial charge in [0.1, 0.15) is 29.1 Å². The molecule has 1 aliphatic carbocycles. The Morgan fingerprint density at radius 2 is 1.73 bits per heavy atom. The second kappa shape index (κ2) is 23.9. The van der Waals surface area contributed by atoms with Crippen molar-refractivity contribution in [1.29, 1.82) is 5.26 Å². The maximum atomic E-state index is 13.1. The average molecular weight is 974 g/mol. The molecule has 0 spiro atoms. The molecule has 3 saturated heterocycles. The van der Waals surface area contributed by atoms with Crippen molar-refractivity contribution in [3.63, 3.8) is 0 Å². The summed E-state index contributed by atoms with van der Waals surface area (Å²) in [5, 5.41) is 30.7. The lowest BCUT2D eigenvalue weighted by molar-refractivity contribution is 0.0889. The number of benzene rings is 1. The molecule has 1 saturated carbocycles. The van der Waals surface area contributed by atoms with Gasteiger partial charge in [-0.3, -0.25) is 4.79 Å². The SMILES string of the molecule is CCc1cnn2c(NCc3ccc(OCCCN4CCN(CC5CCN(c6ccc(C(=O)N[C@H]7CC[C@H](Oc8ccc(C#N)c(Cl)c8)CC7)nc6)CC5)CC4)nc3)cc(N3CCCC[C@@H]3CCO)nc12. The zero-order valence-corrected chi connectivity index (χ0v) is 41.4. The van der Waals surface area contributed by atoms with E-state index in [4.69, 9.17) is 31.3 Å². The summed E-state index contributed by atoms with van der Waals surface area (Å²) in [7, 11) is 0. The number of hydrogen-bond acceptors (Lipinski definition) is 14. The van der Waals surface area contributed by atoms with Crippen molar-refractivity contribution in [2.75, 3.05) is 87.2 Å². The van der Waals surface area contributed by atoms with E-state index in [2.05, 4.69) is 70.4 Å². The topological polar surface area (TPSA) is 173 Å². The van der Waals surface area contributed by atoms with E-state index in [1.165, 1.54) is 6.42 Å². The lowest BCUT2D eigenvalue weighted by Gasteiger charge is -2.39. The van der Waals surface area contributed by atoms with Crippen LogP contribution in [0.1, 0.15) is 105 Å². The number of nitrogens with one attached hydrogen (secondary N) is 2. The Morgan fingerprint density at radius 3 is 2.46 bits per heavy atom. The molecule has 17 heteroatoms. The van der Waals surface area contributed by atoms with E-state index in [1.807, 2.05) is 41.3 Å². The van der Waals surface area contributed by atoms with Crippen LogP contribution in [0, 0.1) is 17.2 Å². The Bertz CT molecular complexity index is 2510. The smallest absolute Gasteiger partial charge is 0.270 e. The Labute approximate surface area is 417 Å². The first-order valence-corrected chi connectivity index (χ1v) is 26.1. The van der Waals surface area contributed by atoms with Crippen LogP contribution < -0.4 is 29.9 Å². The molecule has 1 atom stereocenters. The molecule has 1 amide bonds. The maximum Gasteiger partial charge on any atom is 0.270 e. The first-order chi connectivity index (χ1) is 34.3. The minimum Gasteiger partial charge on any atom is -0.490 e. The highest BCUT2D eigenvalue weighted by Gasteiger charge is 2.28. The van der Waals surface area contributed by atoms with Crippen molar-refractivity contribution in [2.45, 2.75) is 109 Å². The number of pyridine rings is 2. The van der Waals surface area contributed by atoms with E-state index in [-0.39, 0.29) is 24.7 Å². The van der Waals surface area contributed by atoms with Crippen molar-refractivity contribution >= 4 is 40.5 Å². The second-order valence-electron chi connectivity index (χ2n) is 19.5. The first kappa shape index (κ1) is 49.3. The van der Waals surface area contributed by atoms with Gasteiger partial charge in [-0.2, -0.15) is 14.9 Å². The van der Waals surface area contributed by atoms with Gasteiger partial charge in [-0.25, -0.2) is 15.0 Å². The van der Waals surface area contributed by atoms with Crippen LogP contribution in [-0.2, 0) is 13.0 Å². The molecule has 0 unspecified atom stereocenters. The van der Waals surface area contributed by atoms with Crippen LogP contribution >= 0.6 is 11.6 Å². The van der Waals surface area contributed by atoms with Gasteiger partial charge in [-0.05, 0) is 113 Å². The standard InChI is InChI=1S/C53H69ClN12O4/c1-2-40-35-59-66-49(31-50(61-52(40)66)65-21-4-3-6-43(65)19-28-67)57-33-39-7-16-51(58-34-39)69-29-5-20-62-24-26-63(27-25-62)37-38-17-22-64(23-18-38)44-11-15-48(56-36-44)53(68)60-42-9-13-45(14-10-42)70-46-12-8-41(32-55)47(54)30-46/h7-8,11-12,15-16,30-31,34-36,38,42-43,45,57,67H,2-6,9-10,13-14,17-29,33,37H2,1H3,(H,60,68)/t42-,43-,45-/m1/s1. The van der Waals surface area contributed by atoms with E-state index in [1.54, 1.807) is 18.2 Å². The van der Waals surface area contributed by atoms with Gasteiger partial charge in [0.15, 0.2) is 5.65 Å². The third kappa shape index (κ3) is 12.6. The molecule has 7 heterocycles. The molecule has 4 fully saturated rings. The molecule has 4 aromatic heterocycles. The number of carbonyl (C=O) groups is 1. The van der Waals surface area contributed by atoms with E-state index in [0.29, 0.717) is 53.0 Å². The summed E-state index contributed by atoms with van der Waals surface area (Å²) >= 11 is 6.18. The van der Waals surface area contributed by atoms with Crippen LogP contribution in [0.5, 0.6) is 11.6 Å². The number of rotatable bonds is 19. The maximum absolute atomic E-state index is 13.1. The Balaban J connectivity index is 0.638. The molecular formula is C53H69ClN12O4. The predicted molar refractivity (Wildman–Crippen MR) is 273 cm³/mol. The number of piperazine rings is 1. The Morgan fingerprint density at radius 1 is 0.900 bits per heavy atom. The molecule has 5 aromatic rings. The number of fused-ring (bicyclic) bond motifs is 1. The normalized spacial score (nSPS) is 20.6. The van der Waals surface area contributed by atoms with E-state index >= 15 is 0 Å². The highest BCUT2D eigenvalue weighted by molar-refractivity contribution is 6.31. The molecule has 0 bridgehead atoms. The van der Waals surface area contributed by atoms with Gasteiger partial charge in [-0.1, -0.05) is 24.6 Å². The molecule has 372 valence electrons. The molecular weight excluding hydrogens is 904 g/mol. The van der Waals surface area contributed by atoms with Crippen molar-refractivity contribution < 1.29 is 19.4 Å². The van der Waals surface area contributed by atoms with Gasteiger partial charge >= 0.3 is 0 Å². The number of aromatic nitrogens is 5. The molecule has 0 radical (unpaired) electrons. The van der Waals surface area contributed by atoms with Crippen molar-refractivity contribution in [3.8, 4) is 17.7 Å². The van der Waals surface area contributed by atoms with Crippen molar-refractivity contribution in [1.82, 2.24) is 39.7 Å². The minimum absolute atomic E-state index is 0.0504. The highest BCUT2D eigenvalue weighted by atomic mass is 35.5. The van der Waals surface area contributed by atoms with Crippen LogP contribution in [0.25, 0.3) is 5.65 Å². The van der Waals surface area contributed by atoms with Gasteiger partial charge in [0.05, 0.1) is 41.4 Å². The van der Waals surface area contributed by atoms with Gasteiger partial charge < -0.3 is 44.8 Å². The summed E-state index contributed by atoms with van der Waals surface area (Å²) < 4.78 is 14.1. The number of hydrogen-bond donors (Lipinski definition) is 3. The fourth-order valence-corrected chi connectivity index (χ4v) is 10.8. The summed E-state index contributed by atoms with van der Waals surface area (Å²) in [4.78, 5) is 37.3. The minimum atomic E-state index is -0.132. The number of halogens is 1. The Hall–Kier alpha value is -5.73. The molecule has 4 aliphatic rings. The van der Waals surface area contributed by atoms with Crippen molar-refractivity contribution in [3.05, 3.63) is 94.5 Å². The van der Waals surface area contributed by atoms with Gasteiger partial charge in [0, 0.05) is 114 Å². The molecule has 1 aromatic carbocycles. The van der Waals surface area contributed by atoms with Crippen LogP contribution in [0.15, 0.2) is 67.1 Å². The zero-order valence-electron chi connectivity index (χ0n) is 40.7. The van der Waals surface area contributed by atoms with Crippen LogP contribution in [-0.4, -0.2) is 136 Å². The van der Waals surface area contributed by atoms with Crippen LogP contribution in [0.3, 0.4) is 0 Å². The summed E-state index contributed by atoms with van der Waals surface area (Å²) in [5.41, 5.74) is 5.01. The van der Waals surface area contributed by atoms with Crippen LogP contribution in [0.2, 0.25) is 5.02 Å². The largest absolute Gasteiger partial charge is 0.490 e. The number of anilines is 3. The zero-order chi connectivity index (χ0) is 48.2. The van der Waals surface area contributed by atoms with Crippen molar-refractivity contribution in [2.24, 2.45) is 5.92 Å². The van der Waals surface area contributed by atoms with Crippen LogP contribution in [0.4, 0.5) is 17.3 Å².